The van der Waals surface area contributed by atoms with Gasteiger partial charge in [0.1, 0.15) is 0 Å². The van der Waals surface area contributed by atoms with E-state index >= 15 is 0 Å². The molecule has 2 N–H and O–H groups in total. The highest BCUT2D eigenvalue weighted by atomic mass is 32.1. The summed E-state index contributed by atoms with van der Waals surface area (Å²) in [6.07, 6.45) is 3.94. The summed E-state index contributed by atoms with van der Waals surface area (Å²) in [5.74, 6) is 0. The molecule has 0 saturated carbocycles. The zero-order chi connectivity index (χ0) is 8.39. The molecule has 0 bridgehead atoms. The lowest BCUT2D eigenvalue weighted by Gasteiger charge is -2.19. The highest BCUT2D eigenvalue weighted by molar-refractivity contribution is 7.80. The number of rotatable bonds is 1. The highest BCUT2D eigenvalue weighted by Gasteiger charge is 2.12. The largest absolute Gasteiger partial charge is 0.351 e. The van der Waals surface area contributed by atoms with E-state index in [-0.39, 0.29) is 6.04 Å². The van der Waals surface area contributed by atoms with Gasteiger partial charge >= 0.3 is 0 Å². The molecule has 0 radical (unpaired) electrons. The van der Waals surface area contributed by atoms with Gasteiger partial charge < -0.3 is 10.6 Å². The van der Waals surface area contributed by atoms with Gasteiger partial charge in [0.05, 0.1) is 6.04 Å². The van der Waals surface area contributed by atoms with Gasteiger partial charge in [-0.1, -0.05) is 6.07 Å². The Morgan fingerprint density at radius 3 is 3.08 bits per heavy atom. The van der Waals surface area contributed by atoms with E-state index in [2.05, 4.69) is 28.2 Å². The minimum absolute atomic E-state index is 0.249. The van der Waals surface area contributed by atoms with Gasteiger partial charge in [0, 0.05) is 11.1 Å². The fraction of sp³-hybridized carbons (Fsp3) is 0.125. The van der Waals surface area contributed by atoms with Gasteiger partial charge in [-0.25, -0.2) is 0 Å². The Hall–Kier alpha value is -0.870. The molecule has 12 heavy (non-hydrogen) atoms. The van der Waals surface area contributed by atoms with E-state index < -0.39 is 0 Å². The zero-order valence-electron chi connectivity index (χ0n) is 6.28. The highest BCUT2D eigenvalue weighted by Crippen LogP contribution is 2.20. The molecule has 0 aliphatic carbocycles. The maximum Gasteiger partial charge on any atom is 0.171 e. The number of thiophene rings is 1. The zero-order valence-corrected chi connectivity index (χ0v) is 7.91. The number of hydrogen-bond acceptors (Lipinski definition) is 2. The van der Waals surface area contributed by atoms with Crippen LogP contribution >= 0.6 is 23.6 Å². The Morgan fingerprint density at radius 1 is 1.50 bits per heavy atom. The van der Waals surface area contributed by atoms with Crippen LogP contribution in [-0.4, -0.2) is 5.11 Å². The van der Waals surface area contributed by atoms with Crippen LogP contribution in [0.25, 0.3) is 0 Å². The average molecular weight is 196 g/mol. The Morgan fingerprint density at radius 2 is 2.42 bits per heavy atom. The first-order valence-electron chi connectivity index (χ1n) is 3.63. The van der Waals surface area contributed by atoms with E-state index in [9.17, 15) is 0 Å². The van der Waals surface area contributed by atoms with Gasteiger partial charge in [-0.2, -0.15) is 0 Å². The monoisotopic (exact) mass is 196 g/mol. The van der Waals surface area contributed by atoms with Crippen LogP contribution in [0.1, 0.15) is 10.9 Å². The van der Waals surface area contributed by atoms with Crippen LogP contribution in [0.15, 0.2) is 29.8 Å². The molecule has 2 heterocycles. The minimum atomic E-state index is 0.249. The van der Waals surface area contributed by atoms with Crippen LogP contribution in [0, 0.1) is 0 Å². The van der Waals surface area contributed by atoms with E-state index in [0.717, 1.165) is 0 Å². The lowest BCUT2D eigenvalue weighted by molar-refractivity contribution is 0.772. The normalized spacial score (nSPS) is 21.7. The Balaban J connectivity index is 2.20. The molecule has 1 aliphatic rings. The van der Waals surface area contributed by atoms with Crippen LogP contribution in [0.3, 0.4) is 0 Å². The molecule has 1 atom stereocenters. The number of thiocarbonyl (C=S) groups is 1. The molecular weight excluding hydrogens is 188 g/mol. The molecule has 4 heteroatoms. The van der Waals surface area contributed by atoms with E-state index in [1.54, 1.807) is 11.3 Å². The van der Waals surface area contributed by atoms with E-state index in [0.29, 0.717) is 5.11 Å². The summed E-state index contributed by atoms with van der Waals surface area (Å²) in [6, 6.07) is 4.39. The van der Waals surface area contributed by atoms with Crippen molar-refractivity contribution in [2.75, 3.05) is 0 Å². The predicted octanol–water partition coefficient (Wildman–Crippen LogP) is 1.78. The predicted molar refractivity (Wildman–Crippen MR) is 55.1 cm³/mol. The molecule has 0 spiro atoms. The summed E-state index contributed by atoms with van der Waals surface area (Å²) in [4.78, 5) is 1.29. The summed E-state index contributed by atoms with van der Waals surface area (Å²) in [5.41, 5.74) is 0. The third-order valence-corrected chi connectivity index (χ3v) is 2.83. The van der Waals surface area contributed by atoms with Crippen LogP contribution in [-0.2, 0) is 0 Å². The van der Waals surface area contributed by atoms with Crippen molar-refractivity contribution in [1.29, 1.82) is 0 Å². The van der Waals surface area contributed by atoms with E-state index in [1.807, 2.05) is 12.3 Å². The van der Waals surface area contributed by atoms with Gasteiger partial charge in [0.15, 0.2) is 5.11 Å². The van der Waals surface area contributed by atoms with Crippen LogP contribution in [0.5, 0.6) is 0 Å². The molecule has 1 aliphatic heterocycles. The first kappa shape index (κ1) is 7.76. The van der Waals surface area contributed by atoms with Crippen molar-refractivity contribution in [2.24, 2.45) is 0 Å². The molecule has 0 amide bonds. The summed E-state index contributed by atoms with van der Waals surface area (Å²) < 4.78 is 0. The van der Waals surface area contributed by atoms with Gasteiger partial charge in [0.2, 0.25) is 0 Å². The van der Waals surface area contributed by atoms with Gasteiger partial charge in [0.25, 0.3) is 0 Å². The topological polar surface area (TPSA) is 24.1 Å². The SMILES string of the molecule is S=C1NC=CC(c2cccs2)N1. The van der Waals surface area contributed by atoms with Crippen molar-refractivity contribution in [3.05, 3.63) is 34.7 Å². The molecule has 2 rings (SSSR count). The smallest absolute Gasteiger partial charge is 0.171 e. The first-order chi connectivity index (χ1) is 5.86. The van der Waals surface area contributed by atoms with Crippen LogP contribution in [0.4, 0.5) is 0 Å². The fourth-order valence-corrected chi connectivity index (χ4v) is 2.04. The van der Waals surface area contributed by atoms with E-state index in [1.165, 1.54) is 4.88 Å². The number of nitrogens with one attached hydrogen (secondary N) is 2. The minimum Gasteiger partial charge on any atom is -0.351 e. The average Bonchev–Trinajstić information content (AvgIpc) is 2.56. The quantitative estimate of drug-likeness (QED) is 0.670. The van der Waals surface area contributed by atoms with Crippen molar-refractivity contribution in [2.45, 2.75) is 6.04 Å². The lowest BCUT2D eigenvalue weighted by Crippen LogP contribution is -2.37. The third kappa shape index (κ3) is 1.49. The van der Waals surface area contributed by atoms with Crippen molar-refractivity contribution in [3.8, 4) is 0 Å². The second-order valence-corrected chi connectivity index (χ2v) is 3.86. The van der Waals surface area contributed by atoms with Crippen LogP contribution in [0.2, 0.25) is 0 Å². The summed E-state index contributed by atoms with van der Waals surface area (Å²) in [6.45, 7) is 0. The molecular formula is C8H8N2S2. The molecule has 1 aromatic heterocycles. The number of hydrogen-bond donors (Lipinski definition) is 2. The van der Waals surface area contributed by atoms with Crippen molar-refractivity contribution in [3.63, 3.8) is 0 Å². The molecule has 0 aromatic carbocycles. The Labute approximate surface area is 80.3 Å². The maximum atomic E-state index is 4.99. The standard InChI is InChI=1S/C8H8N2S2/c11-8-9-4-3-6(10-8)7-2-1-5-12-7/h1-6H,(H2,9,10,11). The summed E-state index contributed by atoms with van der Waals surface area (Å²) in [5, 5.41) is 8.84. The first-order valence-corrected chi connectivity index (χ1v) is 4.92. The van der Waals surface area contributed by atoms with Crippen molar-refractivity contribution < 1.29 is 0 Å². The second-order valence-electron chi connectivity index (χ2n) is 2.47. The van der Waals surface area contributed by atoms with Gasteiger partial charge in [-0.05, 0) is 29.7 Å². The molecule has 2 nitrogen and oxygen atoms in total. The van der Waals surface area contributed by atoms with Gasteiger partial charge in [-0.3, -0.25) is 0 Å². The van der Waals surface area contributed by atoms with Crippen molar-refractivity contribution >= 4 is 28.7 Å². The Bertz CT molecular complexity index is 303. The van der Waals surface area contributed by atoms with Crippen LogP contribution < -0.4 is 10.6 Å². The molecule has 1 aromatic rings. The lowest BCUT2D eigenvalue weighted by atomic mass is 10.2. The van der Waals surface area contributed by atoms with Gasteiger partial charge in [-0.15, -0.1) is 11.3 Å². The maximum absolute atomic E-state index is 4.99. The van der Waals surface area contributed by atoms with E-state index in [4.69, 9.17) is 12.2 Å². The van der Waals surface area contributed by atoms with Crippen molar-refractivity contribution in [1.82, 2.24) is 10.6 Å². The molecule has 62 valence electrons. The summed E-state index contributed by atoms with van der Waals surface area (Å²) >= 11 is 6.72. The molecule has 1 unspecified atom stereocenters. The summed E-state index contributed by atoms with van der Waals surface area (Å²) in [7, 11) is 0. The fourth-order valence-electron chi connectivity index (χ4n) is 1.09. The third-order valence-electron chi connectivity index (χ3n) is 1.64. The molecule has 0 fully saturated rings. The molecule has 0 saturated heterocycles. The second kappa shape index (κ2) is 3.25. The Kier molecular flexibility index (Phi) is 2.10.